The van der Waals surface area contributed by atoms with Crippen molar-refractivity contribution in [1.82, 2.24) is 4.90 Å². The maximum Gasteiger partial charge on any atom is 0.326 e. The topological polar surface area (TPSA) is 66.8 Å². The standard InChI is InChI=1S/C12H21NO4/c1-3-6-17-8-11(14)13-5-4-9(2)7-10(13)12(15)16/h9-10H,3-8H2,1-2H3,(H,15,16). The third-order valence-electron chi connectivity index (χ3n) is 3.04. The predicted octanol–water partition coefficient (Wildman–Crippen LogP) is 1.12. The molecular weight excluding hydrogens is 222 g/mol. The number of carboxylic acid groups (broad SMARTS) is 1. The lowest BCUT2D eigenvalue weighted by molar-refractivity contribution is -0.155. The summed E-state index contributed by atoms with van der Waals surface area (Å²) in [5.41, 5.74) is 0. The van der Waals surface area contributed by atoms with Crippen LogP contribution >= 0.6 is 0 Å². The molecule has 0 aromatic rings. The van der Waals surface area contributed by atoms with Gasteiger partial charge in [0.05, 0.1) is 0 Å². The molecule has 1 aliphatic heterocycles. The molecule has 0 aromatic heterocycles. The van der Waals surface area contributed by atoms with E-state index < -0.39 is 12.0 Å². The Hall–Kier alpha value is -1.10. The summed E-state index contributed by atoms with van der Waals surface area (Å²) in [6.45, 7) is 5.03. The first kappa shape index (κ1) is 14.0. The Morgan fingerprint density at radius 2 is 2.18 bits per heavy atom. The number of hydrogen-bond donors (Lipinski definition) is 1. The van der Waals surface area contributed by atoms with Crippen molar-refractivity contribution in [3.8, 4) is 0 Å². The average molecular weight is 243 g/mol. The van der Waals surface area contributed by atoms with Crippen LogP contribution in [0.2, 0.25) is 0 Å². The van der Waals surface area contributed by atoms with Crippen LogP contribution in [-0.2, 0) is 14.3 Å². The molecule has 5 heteroatoms. The molecule has 5 nitrogen and oxygen atoms in total. The lowest BCUT2D eigenvalue weighted by Crippen LogP contribution is -2.50. The lowest BCUT2D eigenvalue weighted by Gasteiger charge is -2.35. The van der Waals surface area contributed by atoms with Gasteiger partial charge in [0.25, 0.3) is 0 Å². The first-order chi connectivity index (χ1) is 8.06. The van der Waals surface area contributed by atoms with Crippen LogP contribution < -0.4 is 0 Å². The smallest absolute Gasteiger partial charge is 0.326 e. The van der Waals surface area contributed by atoms with Gasteiger partial charge in [-0.1, -0.05) is 13.8 Å². The fourth-order valence-corrected chi connectivity index (χ4v) is 2.06. The summed E-state index contributed by atoms with van der Waals surface area (Å²) in [6.07, 6.45) is 2.25. The number of rotatable bonds is 5. The molecule has 1 heterocycles. The molecule has 1 rings (SSSR count). The van der Waals surface area contributed by atoms with Gasteiger partial charge in [-0.2, -0.15) is 0 Å². The molecule has 17 heavy (non-hydrogen) atoms. The zero-order valence-corrected chi connectivity index (χ0v) is 10.5. The second-order valence-electron chi connectivity index (χ2n) is 4.62. The molecule has 2 unspecified atom stereocenters. The predicted molar refractivity (Wildman–Crippen MR) is 62.6 cm³/mol. The number of hydrogen-bond acceptors (Lipinski definition) is 3. The molecule has 1 fully saturated rings. The van der Waals surface area contributed by atoms with E-state index in [9.17, 15) is 9.59 Å². The van der Waals surface area contributed by atoms with Crippen molar-refractivity contribution in [2.45, 2.75) is 39.2 Å². The normalized spacial score (nSPS) is 24.7. The van der Waals surface area contributed by atoms with Crippen LogP contribution in [0.1, 0.15) is 33.1 Å². The second kappa shape index (κ2) is 6.59. The van der Waals surface area contributed by atoms with Gasteiger partial charge in [0, 0.05) is 13.2 Å². The Bertz CT molecular complexity index is 280. The van der Waals surface area contributed by atoms with E-state index >= 15 is 0 Å². The zero-order chi connectivity index (χ0) is 12.8. The summed E-state index contributed by atoms with van der Waals surface area (Å²) >= 11 is 0. The molecule has 1 N–H and O–H groups in total. The van der Waals surface area contributed by atoms with Crippen LogP contribution in [0.25, 0.3) is 0 Å². The summed E-state index contributed by atoms with van der Waals surface area (Å²) in [7, 11) is 0. The number of carbonyl (C=O) groups excluding carboxylic acids is 1. The molecule has 0 radical (unpaired) electrons. The SMILES string of the molecule is CCCOCC(=O)N1CCC(C)CC1C(=O)O. The molecule has 1 amide bonds. The van der Waals surface area contributed by atoms with E-state index in [4.69, 9.17) is 9.84 Å². The Kier molecular flexibility index (Phi) is 5.41. The first-order valence-corrected chi connectivity index (χ1v) is 6.16. The van der Waals surface area contributed by atoms with E-state index in [1.807, 2.05) is 13.8 Å². The van der Waals surface area contributed by atoms with E-state index in [1.54, 1.807) is 0 Å². The van der Waals surface area contributed by atoms with Crippen LogP contribution in [0, 0.1) is 5.92 Å². The van der Waals surface area contributed by atoms with Crippen LogP contribution in [-0.4, -0.2) is 47.7 Å². The maximum atomic E-state index is 11.8. The highest BCUT2D eigenvalue weighted by atomic mass is 16.5. The van der Waals surface area contributed by atoms with E-state index in [-0.39, 0.29) is 12.5 Å². The van der Waals surface area contributed by atoms with Gasteiger partial charge in [0.1, 0.15) is 12.6 Å². The van der Waals surface area contributed by atoms with Gasteiger partial charge in [0.15, 0.2) is 0 Å². The van der Waals surface area contributed by atoms with Gasteiger partial charge >= 0.3 is 5.97 Å². The molecule has 0 bridgehead atoms. The summed E-state index contributed by atoms with van der Waals surface area (Å²) < 4.78 is 5.17. The van der Waals surface area contributed by atoms with E-state index in [1.165, 1.54) is 4.90 Å². The van der Waals surface area contributed by atoms with Crippen molar-refractivity contribution in [1.29, 1.82) is 0 Å². The lowest BCUT2D eigenvalue weighted by atomic mass is 9.92. The molecule has 0 aliphatic carbocycles. The van der Waals surface area contributed by atoms with Crippen molar-refractivity contribution in [2.75, 3.05) is 19.8 Å². The Balaban J connectivity index is 2.54. The van der Waals surface area contributed by atoms with E-state index in [2.05, 4.69) is 0 Å². The van der Waals surface area contributed by atoms with Crippen LogP contribution in [0.4, 0.5) is 0 Å². The number of piperidine rings is 1. The minimum absolute atomic E-state index is 0.00794. The summed E-state index contributed by atoms with van der Waals surface area (Å²) in [6, 6.07) is -0.684. The Labute approximate surface area is 102 Å². The fourth-order valence-electron chi connectivity index (χ4n) is 2.06. The molecule has 2 atom stereocenters. The van der Waals surface area contributed by atoms with Crippen LogP contribution in [0.3, 0.4) is 0 Å². The number of amides is 1. The number of carboxylic acids is 1. The van der Waals surface area contributed by atoms with Gasteiger partial charge in [0.2, 0.25) is 5.91 Å². The van der Waals surface area contributed by atoms with Gasteiger partial charge in [-0.3, -0.25) is 4.79 Å². The summed E-state index contributed by atoms with van der Waals surface area (Å²) in [4.78, 5) is 24.4. The largest absolute Gasteiger partial charge is 0.480 e. The van der Waals surface area contributed by atoms with E-state index in [0.29, 0.717) is 25.5 Å². The number of ether oxygens (including phenoxy) is 1. The maximum absolute atomic E-state index is 11.8. The molecule has 0 spiro atoms. The first-order valence-electron chi connectivity index (χ1n) is 6.16. The fraction of sp³-hybridized carbons (Fsp3) is 0.833. The van der Waals surface area contributed by atoms with Crippen molar-refractivity contribution in [2.24, 2.45) is 5.92 Å². The molecule has 98 valence electrons. The number of carbonyl (C=O) groups is 2. The third kappa shape index (κ3) is 4.00. The Morgan fingerprint density at radius 3 is 2.76 bits per heavy atom. The monoisotopic (exact) mass is 243 g/mol. The van der Waals surface area contributed by atoms with Gasteiger partial charge in [-0.25, -0.2) is 4.79 Å². The quantitative estimate of drug-likeness (QED) is 0.735. The highest BCUT2D eigenvalue weighted by molar-refractivity contribution is 5.84. The van der Waals surface area contributed by atoms with Crippen LogP contribution in [0.5, 0.6) is 0 Å². The number of aliphatic carboxylic acids is 1. The number of nitrogens with zero attached hydrogens (tertiary/aromatic N) is 1. The zero-order valence-electron chi connectivity index (χ0n) is 10.5. The van der Waals surface area contributed by atoms with Gasteiger partial charge in [-0.05, 0) is 25.2 Å². The number of likely N-dealkylation sites (tertiary alicyclic amines) is 1. The van der Waals surface area contributed by atoms with Crippen molar-refractivity contribution in [3.05, 3.63) is 0 Å². The minimum Gasteiger partial charge on any atom is -0.480 e. The molecule has 1 saturated heterocycles. The highest BCUT2D eigenvalue weighted by Gasteiger charge is 2.34. The molecular formula is C12H21NO4. The van der Waals surface area contributed by atoms with E-state index in [0.717, 1.165) is 12.8 Å². The molecule has 1 aliphatic rings. The second-order valence-corrected chi connectivity index (χ2v) is 4.62. The summed E-state index contributed by atoms with van der Waals surface area (Å²) in [5, 5.41) is 9.11. The average Bonchev–Trinajstić information content (AvgIpc) is 2.29. The summed E-state index contributed by atoms with van der Waals surface area (Å²) in [5.74, 6) is -0.769. The van der Waals surface area contributed by atoms with Gasteiger partial charge in [-0.15, -0.1) is 0 Å². The Morgan fingerprint density at radius 1 is 1.47 bits per heavy atom. The third-order valence-corrected chi connectivity index (χ3v) is 3.04. The highest BCUT2D eigenvalue weighted by Crippen LogP contribution is 2.22. The van der Waals surface area contributed by atoms with Crippen LogP contribution in [0.15, 0.2) is 0 Å². The van der Waals surface area contributed by atoms with Gasteiger partial charge < -0.3 is 14.7 Å². The molecule has 0 saturated carbocycles. The minimum atomic E-state index is -0.916. The van der Waals surface area contributed by atoms with Crippen molar-refractivity contribution >= 4 is 11.9 Å². The van der Waals surface area contributed by atoms with Crippen molar-refractivity contribution < 1.29 is 19.4 Å². The van der Waals surface area contributed by atoms with Crippen molar-refractivity contribution in [3.63, 3.8) is 0 Å². The molecule has 0 aromatic carbocycles.